The Morgan fingerprint density at radius 3 is 2.70 bits per heavy atom. The Hall–Kier alpha value is -0.160. The van der Waals surface area contributed by atoms with E-state index in [1.54, 1.807) is 0 Å². The summed E-state index contributed by atoms with van der Waals surface area (Å²) < 4.78 is 9.70. The van der Waals surface area contributed by atoms with Crippen molar-refractivity contribution in [1.29, 1.82) is 0 Å². The van der Waals surface area contributed by atoms with Gasteiger partial charge in [0.15, 0.2) is 6.29 Å². The predicted octanol–water partition coefficient (Wildman–Crippen LogP) is -0.899. The second-order valence-corrected chi connectivity index (χ2v) is 2.39. The Kier molecular flexibility index (Phi) is 2.62. The Bertz CT molecular complexity index is 106. The summed E-state index contributed by atoms with van der Waals surface area (Å²) in [5.41, 5.74) is 0. The van der Waals surface area contributed by atoms with Crippen molar-refractivity contribution >= 4 is 0 Å². The van der Waals surface area contributed by atoms with Crippen LogP contribution in [0.1, 0.15) is 6.42 Å². The number of hydrogen-bond acceptors (Lipinski definition) is 4. The molecule has 1 aliphatic rings. The van der Waals surface area contributed by atoms with Crippen molar-refractivity contribution in [3.8, 4) is 0 Å². The van der Waals surface area contributed by atoms with Gasteiger partial charge in [0.05, 0.1) is 12.7 Å². The van der Waals surface area contributed by atoms with Crippen molar-refractivity contribution in [2.75, 3.05) is 13.7 Å². The maximum atomic E-state index is 9.13. The van der Waals surface area contributed by atoms with Gasteiger partial charge >= 0.3 is 0 Å². The van der Waals surface area contributed by atoms with Crippen molar-refractivity contribution in [2.45, 2.75) is 24.9 Å². The predicted molar refractivity (Wildman–Crippen MR) is 33.4 cm³/mol. The summed E-state index contributed by atoms with van der Waals surface area (Å²) in [6, 6.07) is 0. The maximum Gasteiger partial charge on any atom is 0.183 e. The Balaban J connectivity index is 2.36. The molecule has 0 aromatic heterocycles. The van der Waals surface area contributed by atoms with Gasteiger partial charge in [-0.05, 0) is 0 Å². The zero-order valence-corrected chi connectivity index (χ0v) is 5.86. The van der Waals surface area contributed by atoms with Crippen LogP contribution in [0.15, 0.2) is 0 Å². The van der Waals surface area contributed by atoms with E-state index >= 15 is 0 Å². The molecule has 2 N–H and O–H groups in total. The zero-order chi connectivity index (χ0) is 7.56. The van der Waals surface area contributed by atoms with Gasteiger partial charge in [-0.3, -0.25) is 0 Å². The number of rotatable bonds is 1. The highest BCUT2D eigenvalue weighted by molar-refractivity contribution is 4.71. The van der Waals surface area contributed by atoms with Crippen molar-refractivity contribution in [3.63, 3.8) is 0 Å². The maximum absolute atomic E-state index is 9.13. The fraction of sp³-hybridized carbons (Fsp3) is 1.00. The molecule has 3 atom stereocenters. The van der Waals surface area contributed by atoms with Gasteiger partial charge in [-0.25, -0.2) is 0 Å². The standard InChI is InChI=1S/C6H12O4/c1-9-6-5(8)2-4(7)3-10-6/h4-8H,2-3H2,1H3/t4-,5+,6-/m0/s1. The number of aliphatic hydroxyl groups is 2. The Labute approximate surface area is 59.4 Å². The minimum Gasteiger partial charge on any atom is -0.391 e. The van der Waals surface area contributed by atoms with Crippen LogP contribution < -0.4 is 0 Å². The molecule has 1 fully saturated rings. The molecule has 0 unspecified atom stereocenters. The molecule has 0 bridgehead atoms. The van der Waals surface area contributed by atoms with Gasteiger partial charge in [0.25, 0.3) is 0 Å². The summed E-state index contributed by atoms with van der Waals surface area (Å²) in [4.78, 5) is 0. The molecule has 0 aromatic rings. The van der Waals surface area contributed by atoms with Gasteiger partial charge in [-0.2, -0.15) is 0 Å². The van der Waals surface area contributed by atoms with Gasteiger partial charge in [0.2, 0.25) is 0 Å². The van der Waals surface area contributed by atoms with E-state index in [1.807, 2.05) is 0 Å². The molecule has 0 saturated carbocycles. The van der Waals surface area contributed by atoms with Gasteiger partial charge in [0, 0.05) is 13.5 Å². The van der Waals surface area contributed by atoms with Crippen molar-refractivity contribution < 1.29 is 19.7 Å². The summed E-state index contributed by atoms with van der Waals surface area (Å²) in [5.74, 6) is 0. The van der Waals surface area contributed by atoms with Gasteiger partial charge in [0.1, 0.15) is 6.10 Å². The second-order valence-electron chi connectivity index (χ2n) is 2.39. The van der Waals surface area contributed by atoms with Crippen molar-refractivity contribution in [1.82, 2.24) is 0 Å². The zero-order valence-electron chi connectivity index (χ0n) is 5.86. The first kappa shape index (κ1) is 7.94. The molecule has 60 valence electrons. The highest BCUT2D eigenvalue weighted by Crippen LogP contribution is 2.14. The molecule has 0 aliphatic carbocycles. The summed E-state index contributed by atoms with van der Waals surface area (Å²) in [6.45, 7) is 0.246. The van der Waals surface area contributed by atoms with Crippen LogP contribution in [0.4, 0.5) is 0 Å². The number of methoxy groups -OCH3 is 1. The van der Waals surface area contributed by atoms with Gasteiger partial charge in [-0.1, -0.05) is 0 Å². The molecule has 1 aliphatic heterocycles. The van der Waals surface area contributed by atoms with Gasteiger partial charge in [-0.15, -0.1) is 0 Å². The quantitative estimate of drug-likeness (QED) is 0.506. The molecule has 10 heavy (non-hydrogen) atoms. The minimum atomic E-state index is -0.700. The average molecular weight is 148 g/mol. The normalized spacial score (nSPS) is 41.7. The van der Waals surface area contributed by atoms with Crippen molar-refractivity contribution in [2.24, 2.45) is 0 Å². The molecule has 0 radical (unpaired) electrons. The van der Waals surface area contributed by atoms with E-state index in [0.29, 0.717) is 6.42 Å². The largest absolute Gasteiger partial charge is 0.391 e. The molecule has 1 rings (SSSR count). The third-order valence-corrected chi connectivity index (χ3v) is 1.51. The SMILES string of the molecule is CO[C@H]1OC[C@@H](O)C[C@H]1O. The Morgan fingerprint density at radius 2 is 2.20 bits per heavy atom. The summed E-state index contributed by atoms with van der Waals surface area (Å²) in [5, 5.41) is 18.1. The first-order chi connectivity index (χ1) is 4.74. The van der Waals surface area contributed by atoms with Crippen LogP contribution in [0, 0.1) is 0 Å². The lowest BCUT2D eigenvalue weighted by molar-refractivity contribution is -0.224. The molecular formula is C6H12O4. The molecule has 0 amide bonds. The molecule has 1 heterocycles. The molecule has 4 heteroatoms. The second kappa shape index (κ2) is 3.30. The van der Waals surface area contributed by atoms with E-state index in [4.69, 9.17) is 19.7 Å². The fourth-order valence-corrected chi connectivity index (χ4v) is 1.00. The lowest BCUT2D eigenvalue weighted by Crippen LogP contribution is -2.41. The molecule has 0 aromatic carbocycles. The smallest absolute Gasteiger partial charge is 0.183 e. The highest BCUT2D eigenvalue weighted by atomic mass is 16.7. The van der Waals surface area contributed by atoms with Crippen LogP contribution >= 0.6 is 0 Å². The first-order valence-corrected chi connectivity index (χ1v) is 3.24. The average Bonchev–Trinajstić information content (AvgIpc) is 1.88. The van der Waals surface area contributed by atoms with Crippen LogP contribution in [0.2, 0.25) is 0 Å². The third kappa shape index (κ3) is 1.67. The van der Waals surface area contributed by atoms with E-state index in [0.717, 1.165) is 0 Å². The third-order valence-electron chi connectivity index (χ3n) is 1.51. The van der Waals surface area contributed by atoms with E-state index in [2.05, 4.69) is 0 Å². The van der Waals surface area contributed by atoms with Gasteiger partial charge < -0.3 is 19.7 Å². The summed E-state index contributed by atoms with van der Waals surface area (Å²) >= 11 is 0. The monoisotopic (exact) mass is 148 g/mol. The van der Waals surface area contributed by atoms with Crippen LogP contribution in [0.25, 0.3) is 0 Å². The molecular weight excluding hydrogens is 136 g/mol. The van der Waals surface area contributed by atoms with E-state index in [1.165, 1.54) is 7.11 Å². The topological polar surface area (TPSA) is 58.9 Å². The first-order valence-electron chi connectivity index (χ1n) is 3.24. The summed E-state index contributed by atoms with van der Waals surface area (Å²) in [6.07, 6.45) is -1.49. The van der Waals surface area contributed by atoms with Crippen LogP contribution in [-0.4, -0.2) is 42.4 Å². The number of aliphatic hydroxyl groups excluding tert-OH is 2. The Morgan fingerprint density at radius 1 is 1.50 bits per heavy atom. The minimum absolute atomic E-state index is 0.246. The lowest BCUT2D eigenvalue weighted by Gasteiger charge is -2.29. The van der Waals surface area contributed by atoms with E-state index < -0.39 is 18.5 Å². The number of hydrogen-bond donors (Lipinski definition) is 2. The van der Waals surface area contributed by atoms with E-state index in [9.17, 15) is 0 Å². The summed E-state index contributed by atoms with van der Waals surface area (Å²) in [7, 11) is 1.46. The molecule has 1 saturated heterocycles. The fourth-order valence-electron chi connectivity index (χ4n) is 1.00. The highest BCUT2D eigenvalue weighted by Gasteiger charge is 2.28. The molecule has 4 nitrogen and oxygen atoms in total. The van der Waals surface area contributed by atoms with Crippen molar-refractivity contribution in [3.05, 3.63) is 0 Å². The lowest BCUT2D eigenvalue weighted by atomic mass is 10.1. The van der Waals surface area contributed by atoms with Crippen LogP contribution in [0.3, 0.4) is 0 Å². The number of ether oxygens (including phenoxy) is 2. The van der Waals surface area contributed by atoms with Crippen LogP contribution in [0.5, 0.6) is 0 Å². The van der Waals surface area contributed by atoms with E-state index in [-0.39, 0.29) is 6.61 Å². The van der Waals surface area contributed by atoms with Crippen LogP contribution in [-0.2, 0) is 9.47 Å². The molecule has 0 spiro atoms.